The van der Waals surface area contributed by atoms with Gasteiger partial charge in [0.2, 0.25) is 0 Å². The van der Waals surface area contributed by atoms with Gasteiger partial charge < -0.3 is 0 Å². The molecule has 90 valence electrons. The third-order valence-electron chi connectivity index (χ3n) is 7.28. The molecule has 5 aliphatic carbocycles. The predicted octanol–water partition coefficient (Wildman–Crippen LogP) is 4.49. The van der Waals surface area contributed by atoms with Gasteiger partial charge in [0.05, 0.1) is 0 Å². The van der Waals surface area contributed by atoms with E-state index in [0.717, 1.165) is 40.4 Å². The summed E-state index contributed by atoms with van der Waals surface area (Å²) in [4.78, 5) is 0. The number of hydrogen-bond acceptors (Lipinski definition) is 0. The average molecular weight is 218 g/mol. The summed E-state index contributed by atoms with van der Waals surface area (Å²) in [6.45, 7) is 7.82. The monoisotopic (exact) mass is 218 g/mol. The lowest BCUT2D eigenvalue weighted by molar-refractivity contribution is -0.214. The van der Waals surface area contributed by atoms with Gasteiger partial charge in [-0.05, 0) is 78.9 Å². The first-order chi connectivity index (χ1) is 7.51. The Balaban J connectivity index is 1.83. The summed E-state index contributed by atoms with van der Waals surface area (Å²) in [5.74, 6) is 5.41. The van der Waals surface area contributed by atoms with Crippen molar-refractivity contribution in [2.24, 2.45) is 40.4 Å². The third kappa shape index (κ3) is 0.985. The van der Waals surface area contributed by atoms with E-state index < -0.39 is 0 Å². The van der Waals surface area contributed by atoms with Crippen LogP contribution < -0.4 is 0 Å². The zero-order valence-electron chi connectivity index (χ0n) is 11.1. The van der Waals surface area contributed by atoms with Gasteiger partial charge in [0.15, 0.2) is 0 Å². The van der Waals surface area contributed by atoms with E-state index in [9.17, 15) is 0 Å². The number of hydrogen-bond donors (Lipinski definition) is 0. The van der Waals surface area contributed by atoms with Crippen LogP contribution in [-0.2, 0) is 0 Å². The van der Waals surface area contributed by atoms with Gasteiger partial charge in [0, 0.05) is 0 Å². The fourth-order valence-corrected chi connectivity index (χ4v) is 6.93. The van der Waals surface area contributed by atoms with Crippen molar-refractivity contribution in [2.45, 2.75) is 59.3 Å². The molecule has 5 aliphatic rings. The third-order valence-corrected chi connectivity index (χ3v) is 7.28. The molecule has 0 heterocycles. The highest BCUT2D eigenvalue weighted by Crippen LogP contribution is 2.73. The van der Waals surface area contributed by atoms with E-state index in [1.807, 2.05) is 0 Å². The molecule has 5 saturated carbocycles. The zero-order valence-corrected chi connectivity index (χ0v) is 11.1. The molecule has 0 aromatic heterocycles. The fraction of sp³-hybridized carbons (Fsp3) is 1.00. The molecule has 0 heteroatoms. The average Bonchev–Trinajstić information content (AvgIpc) is 2.17. The smallest absolute Gasteiger partial charge is 0.0263 e. The van der Waals surface area contributed by atoms with E-state index in [1.54, 1.807) is 38.5 Å². The van der Waals surface area contributed by atoms with Crippen LogP contribution in [0, 0.1) is 40.4 Å². The molecule has 0 aromatic rings. The summed E-state index contributed by atoms with van der Waals surface area (Å²) >= 11 is 0. The van der Waals surface area contributed by atoms with Crippen LogP contribution in [0.1, 0.15) is 59.3 Å². The Morgan fingerprint density at radius 3 is 2.50 bits per heavy atom. The lowest BCUT2D eigenvalue weighted by atomic mass is 9.34. The van der Waals surface area contributed by atoms with E-state index in [0.29, 0.717) is 0 Å². The van der Waals surface area contributed by atoms with Crippen molar-refractivity contribution in [3.63, 3.8) is 0 Å². The second-order valence-corrected chi connectivity index (χ2v) is 8.36. The molecular formula is C16H26. The second kappa shape index (κ2) is 2.70. The van der Waals surface area contributed by atoms with Crippen molar-refractivity contribution in [3.8, 4) is 0 Å². The van der Waals surface area contributed by atoms with Crippen LogP contribution in [0.2, 0.25) is 0 Å². The molecule has 0 spiro atoms. The summed E-state index contributed by atoms with van der Waals surface area (Å²) in [6, 6.07) is 0. The van der Waals surface area contributed by atoms with E-state index in [2.05, 4.69) is 20.8 Å². The van der Waals surface area contributed by atoms with Gasteiger partial charge in [-0.2, -0.15) is 0 Å². The molecule has 5 fully saturated rings. The van der Waals surface area contributed by atoms with Crippen LogP contribution in [0.5, 0.6) is 0 Å². The van der Waals surface area contributed by atoms with Gasteiger partial charge in [-0.15, -0.1) is 0 Å². The predicted molar refractivity (Wildman–Crippen MR) is 67.0 cm³/mol. The molecule has 0 aliphatic heterocycles. The van der Waals surface area contributed by atoms with Crippen molar-refractivity contribution in [1.82, 2.24) is 0 Å². The number of rotatable bonds is 0. The van der Waals surface area contributed by atoms with Gasteiger partial charge in [0.25, 0.3) is 0 Å². The summed E-state index contributed by atoms with van der Waals surface area (Å²) in [5.41, 5.74) is 1.50. The van der Waals surface area contributed by atoms with Crippen molar-refractivity contribution < 1.29 is 0 Å². The minimum absolute atomic E-state index is 0.749. The normalized spacial score (nSPS) is 67.3. The SMILES string of the molecule is CC1CC2C3CC4CC(CC2(C)C4)C3(C)C1. The molecule has 5 rings (SSSR count). The van der Waals surface area contributed by atoms with Crippen molar-refractivity contribution in [2.75, 3.05) is 0 Å². The van der Waals surface area contributed by atoms with E-state index in [-0.39, 0.29) is 0 Å². The maximum atomic E-state index is 2.66. The topological polar surface area (TPSA) is 0 Å². The fourth-order valence-electron chi connectivity index (χ4n) is 6.93. The van der Waals surface area contributed by atoms with E-state index in [1.165, 1.54) is 0 Å². The van der Waals surface area contributed by atoms with Gasteiger partial charge in [0.1, 0.15) is 0 Å². The maximum Gasteiger partial charge on any atom is -0.0263 e. The van der Waals surface area contributed by atoms with Gasteiger partial charge in [-0.25, -0.2) is 0 Å². The molecule has 0 nitrogen and oxygen atoms in total. The minimum atomic E-state index is 0.749. The quantitative estimate of drug-likeness (QED) is 0.562. The summed E-state index contributed by atoms with van der Waals surface area (Å²) in [5, 5.41) is 0. The van der Waals surface area contributed by atoms with Crippen LogP contribution >= 0.6 is 0 Å². The van der Waals surface area contributed by atoms with E-state index in [4.69, 9.17) is 0 Å². The highest BCUT2D eigenvalue weighted by Gasteiger charge is 2.64. The first-order valence-corrected chi connectivity index (χ1v) is 7.51. The van der Waals surface area contributed by atoms with Crippen LogP contribution in [0.25, 0.3) is 0 Å². The molecule has 0 saturated heterocycles. The van der Waals surface area contributed by atoms with Crippen LogP contribution in [-0.4, -0.2) is 0 Å². The molecule has 0 aromatic carbocycles. The summed E-state index contributed by atoms with van der Waals surface area (Å²) < 4.78 is 0. The summed E-state index contributed by atoms with van der Waals surface area (Å²) in [7, 11) is 0. The standard InChI is InChI=1S/C16H26/c1-10-4-13-14-6-11-5-12(16(14,3)7-10)9-15(13,2)8-11/h10-14H,4-9H2,1-3H3. The molecular weight excluding hydrogens is 192 g/mol. The molecule has 0 radical (unpaired) electrons. The first kappa shape index (κ1) is 9.97. The van der Waals surface area contributed by atoms with Crippen LogP contribution in [0.15, 0.2) is 0 Å². The van der Waals surface area contributed by atoms with E-state index >= 15 is 0 Å². The maximum absolute atomic E-state index is 2.66. The first-order valence-electron chi connectivity index (χ1n) is 7.51. The molecule has 6 bridgehead atoms. The lowest BCUT2D eigenvalue weighted by Gasteiger charge is -2.71. The Morgan fingerprint density at radius 2 is 1.69 bits per heavy atom. The highest BCUT2D eigenvalue weighted by atomic mass is 14.7. The van der Waals surface area contributed by atoms with Crippen molar-refractivity contribution in [3.05, 3.63) is 0 Å². The zero-order chi connectivity index (χ0) is 11.1. The Morgan fingerprint density at radius 1 is 0.875 bits per heavy atom. The summed E-state index contributed by atoms with van der Waals surface area (Å²) in [6.07, 6.45) is 9.43. The molecule has 16 heavy (non-hydrogen) atoms. The van der Waals surface area contributed by atoms with Gasteiger partial charge >= 0.3 is 0 Å². The van der Waals surface area contributed by atoms with Crippen molar-refractivity contribution in [1.29, 1.82) is 0 Å². The highest BCUT2D eigenvalue weighted by molar-refractivity contribution is 5.14. The molecule has 0 amide bonds. The minimum Gasteiger partial charge on any atom is -0.0625 e. The Kier molecular flexibility index (Phi) is 1.68. The van der Waals surface area contributed by atoms with Crippen molar-refractivity contribution >= 4 is 0 Å². The molecule has 7 atom stereocenters. The Hall–Kier alpha value is 0. The Labute approximate surface area is 100 Å². The van der Waals surface area contributed by atoms with Crippen LogP contribution in [0.4, 0.5) is 0 Å². The second-order valence-electron chi connectivity index (χ2n) is 8.36. The molecule has 0 N–H and O–H groups in total. The van der Waals surface area contributed by atoms with Gasteiger partial charge in [-0.3, -0.25) is 0 Å². The van der Waals surface area contributed by atoms with Gasteiger partial charge in [-0.1, -0.05) is 20.8 Å². The molecule has 7 unspecified atom stereocenters. The largest absolute Gasteiger partial charge is 0.0625 e. The van der Waals surface area contributed by atoms with Crippen LogP contribution in [0.3, 0.4) is 0 Å². The lowest BCUT2D eigenvalue weighted by Crippen LogP contribution is -2.62. The Bertz CT molecular complexity index is 331.